The Morgan fingerprint density at radius 2 is 2.17 bits per heavy atom. The molecule has 164 valence electrons. The minimum atomic E-state index is -1.19. The minimum Gasteiger partial charge on any atom is -0.504 e. The smallest absolute Gasteiger partial charge is 0.337 e. The average molecular weight is 417 g/mol. The molecular formula is C23H32N2O5. The van der Waals surface area contributed by atoms with Gasteiger partial charge in [-0.15, -0.1) is 0 Å². The number of ether oxygens (including phenoxy) is 3. The van der Waals surface area contributed by atoms with Crippen LogP contribution >= 0.6 is 0 Å². The molecule has 0 spiro atoms. The summed E-state index contributed by atoms with van der Waals surface area (Å²) in [6.45, 7) is 3.48. The maximum Gasteiger partial charge on any atom is 0.337 e. The first-order chi connectivity index (χ1) is 14.5. The molecule has 7 nitrogen and oxygen atoms in total. The quantitative estimate of drug-likeness (QED) is 0.436. The van der Waals surface area contributed by atoms with Gasteiger partial charge in [-0.2, -0.15) is 0 Å². The van der Waals surface area contributed by atoms with Crippen LogP contribution in [0.1, 0.15) is 38.2 Å². The predicted octanol–water partition coefficient (Wildman–Crippen LogP) is 3.09. The maximum atomic E-state index is 12.5. The topological polar surface area (TPSA) is 89.4 Å². The minimum absolute atomic E-state index is 0.0782. The highest BCUT2D eigenvalue weighted by Gasteiger charge is 2.44. The molecule has 0 bridgehead atoms. The molecule has 1 unspecified atom stereocenters. The molecule has 3 rings (SSSR count). The number of hydrogen-bond donors (Lipinski definition) is 2. The average Bonchev–Trinajstić information content (AvgIpc) is 3.05. The molecule has 0 aliphatic carbocycles. The van der Waals surface area contributed by atoms with Crippen molar-refractivity contribution < 1.29 is 24.1 Å². The van der Waals surface area contributed by atoms with Gasteiger partial charge >= 0.3 is 5.97 Å². The summed E-state index contributed by atoms with van der Waals surface area (Å²) >= 11 is 0. The number of nitrogens with zero attached hydrogens (tertiary/aromatic N) is 1. The van der Waals surface area contributed by atoms with Gasteiger partial charge in [-0.3, -0.25) is 4.99 Å². The molecule has 0 radical (unpaired) electrons. The van der Waals surface area contributed by atoms with Crippen LogP contribution in [0.15, 0.2) is 35.0 Å². The Labute approximate surface area is 178 Å². The molecule has 3 atom stereocenters. The van der Waals surface area contributed by atoms with Crippen molar-refractivity contribution in [1.29, 1.82) is 0 Å². The zero-order valence-corrected chi connectivity index (χ0v) is 18.2. The van der Waals surface area contributed by atoms with Gasteiger partial charge < -0.3 is 24.6 Å². The highest BCUT2D eigenvalue weighted by molar-refractivity contribution is 6.01. The molecular weight excluding hydrogens is 384 g/mol. The Kier molecular flexibility index (Phi) is 7.15. The van der Waals surface area contributed by atoms with Gasteiger partial charge in [0.25, 0.3) is 0 Å². The number of aliphatic hydroxyl groups is 1. The number of benzene rings is 1. The molecule has 0 aromatic heterocycles. The van der Waals surface area contributed by atoms with Gasteiger partial charge in [-0.1, -0.05) is 19.4 Å². The lowest BCUT2D eigenvalue weighted by Gasteiger charge is -2.33. The number of fused-ring (bicyclic) bond motifs is 3. The Balaban J connectivity index is 1.98. The second-order valence-electron chi connectivity index (χ2n) is 7.84. The number of rotatable bonds is 5. The molecule has 1 saturated heterocycles. The fourth-order valence-corrected chi connectivity index (χ4v) is 4.71. The van der Waals surface area contributed by atoms with Crippen LogP contribution in [0.5, 0.6) is 5.75 Å². The summed E-state index contributed by atoms with van der Waals surface area (Å²) in [7, 11) is 4.52. The number of carbonyl (C=O) groups is 1. The van der Waals surface area contributed by atoms with Crippen molar-refractivity contribution in [2.75, 3.05) is 34.4 Å². The van der Waals surface area contributed by atoms with E-state index in [1.165, 1.54) is 20.5 Å². The molecule has 0 saturated carbocycles. The van der Waals surface area contributed by atoms with Crippen LogP contribution < -0.4 is 10.1 Å². The van der Waals surface area contributed by atoms with Gasteiger partial charge in [-0.05, 0) is 56.3 Å². The normalized spacial score (nSPS) is 26.8. The zero-order valence-electron chi connectivity index (χ0n) is 18.2. The van der Waals surface area contributed by atoms with E-state index in [9.17, 15) is 9.90 Å². The van der Waals surface area contributed by atoms with Crippen LogP contribution in [0.4, 0.5) is 5.69 Å². The molecule has 30 heavy (non-hydrogen) atoms. The van der Waals surface area contributed by atoms with Gasteiger partial charge in [0.1, 0.15) is 11.4 Å². The highest BCUT2D eigenvalue weighted by Crippen LogP contribution is 2.47. The SMILES string of the molecule is CCC1CNCC[C@@]2(O)C(=Nc3cccc(OC)c32)CC[C@@H]1/C(=C\OC)C(=O)OC. The molecule has 2 N–H and O–H groups in total. The van der Waals surface area contributed by atoms with E-state index in [1.807, 2.05) is 18.2 Å². The van der Waals surface area contributed by atoms with E-state index < -0.39 is 5.60 Å². The Morgan fingerprint density at radius 1 is 1.37 bits per heavy atom. The molecule has 2 heterocycles. The van der Waals surface area contributed by atoms with Crippen molar-refractivity contribution in [2.45, 2.75) is 38.2 Å². The van der Waals surface area contributed by atoms with E-state index in [-0.39, 0.29) is 17.8 Å². The van der Waals surface area contributed by atoms with Gasteiger partial charge in [0.15, 0.2) is 0 Å². The standard InChI is InChI=1S/C23H32N2O5/c1-5-15-13-24-12-11-23(27)20(25-18-7-6-8-19(29-3)21(18)23)10-9-16(15)17(14-28-2)22(26)30-4/h6-8,14-16,24,27H,5,9-13H2,1-4H3/b17-14+/t15?,16-,23+/m0/s1. The van der Waals surface area contributed by atoms with E-state index in [1.54, 1.807) is 7.11 Å². The lowest BCUT2D eigenvalue weighted by Crippen LogP contribution is -2.41. The van der Waals surface area contributed by atoms with E-state index >= 15 is 0 Å². The number of hydrogen-bond acceptors (Lipinski definition) is 7. The Bertz CT molecular complexity index is 835. The van der Waals surface area contributed by atoms with Gasteiger partial charge in [0, 0.05) is 0 Å². The summed E-state index contributed by atoms with van der Waals surface area (Å²) in [5.74, 6) is 0.412. The van der Waals surface area contributed by atoms with Crippen LogP contribution in [0.2, 0.25) is 0 Å². The summed E-state index contributed by atoms with van der Waals surface area (Å²) in [6.07, 6.45) is 4.12. The monoisotopic (exact) mass is 416 g/mol. The first-order valence-electron chi connectivity index (χ1n) is 10.5. The number of esters is 1. The van der Waals surface area contributed by atoms with E-state index in [0.29, 0.717) is 42.8 Å². The fourth-order valence-electron chi connectivity index (χ4n) is 4.71. The van der Waals surface area contributed by atoms with Crippen LogP contribution in [-0.2, 0) is 19.9 Å². The zero-order chi connectivity index (χ0) is 21.7. The molecule has 2 aliphatic heterocycles. The van der Waals surface area contributed by atoms with Crippen molar-refractivity contribution in [2.24, 2.45) is 16.8 Å². The second kappa shape index (κ2) is 9.62. The highest BCUT2D eigenvalue weighted by atomic mass is 16.5. The summed E-state index contributed by atoms with van der Waals surface area (Å²) in [5.41, 5.74) is 1.53. The number of carbonyl (C=O) groups excluding carboxylic acids is 1. The third-order valence-electron chi connectivity index (χ3n) is 6.29. The van der Waals surface area contributed by atoms with Crippen molar-refractivity contribution >= 4 is 17.4 Å². The molecule has 0 amide bonds. The Morgan fingerprint density at radius 3 is 2.83 bits per heavy atom. The van der Waals surface area contributed by atoms with Crippen molar-refractivity contribution in [1.82, 2.24) is 5.32 Å². The van der Waals surface area contributed by atoms with Crippen molar-refractivity contribution in [3.8, 4) is 5.75 Å². The number of methoxy groups -OCH3 is 3. The van der Waals surface area contributed by atoms with Crippen LogP contribution in [0, 0.1) is 11.8 Å². The third kappa shape index (κ3) is 4.09. The van der Waals surface area contributed by atoms with Crippen molar-refractivity contribution in [3.05, 3.63) is 35.6 Å². The molecule has 1 aromatic carbocycles. The summed E-state index contributed by atoms with van der Waals surface area (Å²) in [6, 6.07) is 5.64. The van der Waals surface area contributed by atoms with E-state index in [0.717, 1.165) is 24.2 Å². The first kappa shape index (κ1) is 22.3. The van der Waals surface area contributed by atoms with E-state index in [2.05, 4.69) is 12.2 Å². The lowest BCUT2D eigenvalue weighted by molar-refractivity contribution is -0.137. The van der Waals surface area contributed by atoms with Crippen LogP contribution in [-0.4, -0.2) is 51.2 Å². The molecule has 7 heteroatoms. The molecule has 1 aromatic rings. The number of aliphatic imine (C=N–C) groups is 1. The fraction of sp³-hybridized carbons (Fsp3) is 0.565. The van der Waals surface area contributed by atoms with Gasteiger partial charge in [0.05, 0.1) is 50.1 Å². The first-order valence-corrected chi connectivity index (χ1v) is 10.5. The van der Waals surface area contributed by atoms with Gasteiger partial charge in [-0.25, -0.2) is 4.79 Å². The lowest BCUT2D eigenvalue weighted by atomic mass is 9.77. The Hall–Kier alpha value is -2.38. The maximum absolute atomic E-state index is 12.5. The van der Waals surface area contributed by atoms with Crippen molar-refractivity contribution in [3.63, 3.8) is 0 Å². The van der Waals surface area contributed by atoms with Gasteiger partial charge in [0.2, 0.25) is 0 Å². The van der Waals surface area contributed by atoms with Crippen LogP contribution in [0.25, 0.3) is 0 Å². The summed E-state index contributed by atoms with van der Waals surface area (Å²) in [4.78, 5) is 17.3. The summed E-state index contributed by atoms with van der Waals surface area (Å²) < 4.78 is 15.8. The largest absolute Gasteiger partial charge is 0.504 e. The summed E-state index contributed by atoms with van der Waals surface area (Å²) in [5, 5.41) is 15.2. The van der Waals surface area contributed by atoms with E-state index in [4.69, 9.17) is 19.2 Å². The van der Waals surface area contributed by atoms with Crippen LogP contribution in [0.3, 0.4) is 0 Å². The molecule has 2 aliphatic rings. The molecule has 1 fully saturated rings. The number of nitrogens with one attached hydrogen (secondary N) is 1. The third-order valence-corrected chi connectivity index (χ3v) is 6.29. The predicted molar refractivity (Wildman–Crippen MR) is 115 cm³/mol. The second-order valence-corrected chi connectivity index (χ2v) is 7.84.